The molecule has 1 aromatic carbocycles. The minimum atomic E-state index is -0.536. The molecule has 0 saturated carbocycles. The molecule has 2 aliphatic heterocycles. The Hall–Kier alpha value is -2.93. The molecule has 0 amide bonds. The maximum atomic E-state index is 12.8. The molecule has 7 heteroatoms. The maximum absolute atomic E-state index is 12.8. The van der Waals surface area contributed by atoms with E-state index in [4.69, 9.17) is 9.47 Å². The minimum absolute atomic E-state index is 0.250. The first-order chi connectivity index (χ1) is 12.0. The fourth-order valence-corrected chi connectivity index (χ4v) is 2.68. The van der Waals surface area contributed by atoms with Crippen LogP contribution in [0.2, 0.25) is 0 Å². The zero-order chi connectivity index (χ0) is 18.0. The number of carbonyl (C=O) groups is 1. The van der Waals surface area contributed by atoms with Crippen molar-refractivity contribution in [1.29, 1.82) is 0 Å². The van der Waals surface area contributed by atoms with E-state index in [1.54, 1.807) is 30.1 Å². The molecule has 0 N–H and O–H groups in total. The third-order valence-corrected chi connectivity index (χ3v) is 3.93. The van der Waals surface area contributed by atoms with Gasteiger partial charge in [-0.25, -0.2) is 4.79 Å². The Bertz CT molecular complexity index is 942. The van der Waals surface area contributed by atoms with Crippen LogP contribution in [0.15, 0.2) is 41.5 Å². The largest absolute Gasteiger partial charge is 0.465 e. The number of rotatable bonds is 5. The molecule has 0 unspecified atom stereocenters. The molecule has 0 atom stereocenters. The smallest absolute Gasteiger partial charge is 0.341 e. The second kappa shape index (κ2) is 6.90. The summed E-state index contributed by atoms with van der Waals surface area (Å²) in [4.78, 5) is 25.0. The number of aryl methyl sites for hydroxylation is 1. The zero-order valence-electron chi connectivity index (χ0n) is 14.4. The molecule has 0 aromatic heterocycles. The van der Waals surface area contributed by atoms with Gasteiger partial charge in [-0.3, -0.25) is 4.79 Å². The molecule has 3 rings (SSSR count). The first kappa shape index (κ1) is 16.9. The van der Waals surface area contributed by atoms with Gasteiger partial charge in [0.25, 0.3) is 5.56 Å². The van der Waals surface area contributed by atoms with Gasteiger partial charge in [0.2, 0.25) is 0 Å². The van der Waals surface area contributed by atoms with Crippen molar-refractivity contribution in [3.63, 3.8) is 0 Å². The third kappa shape index (κ3) is 3.18. The van der Waals surface area contributed by atoms with Gasteiger partial charge in [0.15, 0.2) is 0 Å². The van der Waals surface area contributed by atoms with Crippen molar-refractivity contribution in [2.75, 3.05) is 20.8 Å². The van der Waals surface area contributed by atoms with Crippen molar-refractivity contribution < 1.29 is 14.3 Å². The average Bonchev–Trinajstić information content (AvgIpc) is 2.95. The van der Waals surface area contributed by atoms with Crippen LogP contribution in [0, 0.1) is 6.92 Å². The average molecular weight is 341 g/mol. The fourth-order valence-electron chi connectivity index (χ4n) is 2.68. The summed E-state index contributed by atoms with van der Waals surface area (Å²) in [5.74, 6) is -0.536. The van der Waals surface area contributed by atoms with Crippen LogP contribution < -0.4 is 5.56 Å². The highest BCUT2D eigenvalue weighted by Crippen LogP contribution is 2.23. The van der Waals surface area contributed by atoms with Crippen molar-refractivity contribution in [3.05, 3.63) is 58.1 Å². The monoisotopic (exact) mass is 341 g/mol. The molecule has 0 aliphatic carbocycles. The quantitative estimate of drug-likeness (QED) is 0.662. The predicted octanol–water partition coefficient (Wildman–Crippen LogP) is 1.88. The summed E-state index contributed by atoms with van der Waals surface area (Å²) in [6.07, 6.45) is 3.31. The Balaban J connectivity index is 2.22. The number of fused-ring (bicyclic) bond motifs is 1. The molecule has 7 nitrogen and oxygen atoms in total. The number of hydrogen-bond donors (Lipinski definition) is 0. The number of benzene rings is 1. The van der Waals surface area contributed by atoms with E-state index in [1.807, 2.05) is 25.1 Å². The molecule has 0 saturated heterocycles. The van der Waals surface area contributed by atoms with E-state index in [2.05, 4.69) is 5.10 Å². The number of hydrogen-bond acceptors (Lipinski definition) is 5. The van der Waals surface area contributed by atoms with E-state index in [-0.39, 0.29) is 11.1 Å². The lowest BCUT2D eigenvalue weighted by Gasteiger charge is -2.10. The number of ether oxygens (including phenoxy) is 2. The first-order valence-electron chi connectivity index (χ1n) is 7.82. The Morgan fingerprint density at radius 2 is 2.04 bits per heavy atom. The molecule has 2 aliphatic rings. The summed E-state index contributed by atoms with van der Waals surface area (Å²) >= 11 is 0. The molecule has 25 heavy (non-hydrogen) atoms. The highest BCUT2D eigenvalue weighted by atomic mass is 16.5. The number of esters is 1. The third-order valence-electron chi connectivity index (χ3n) is 3.93. The van der Waals surface area contributed by atoms with Gasteiger partial charge < -0.3 is 14.0 Å². The molecule has 1 aromatic rings. The van der Waals surface area contributed by atoms with E-state index >= 15 is 0 Å². The second-order valence-electron chi connectivity index (χ2n) is 5.71. The lowest BCUT2D eigenvalue weighted by atomic mass is 10.1. The highest BCUT2D eigenvalue weighted by Gasteiger charge is 2.24. The Morgan fingerprint density at radius 1 is 1.24 bits per heavy atom. The lowest BCUT2D eigenvalue weighted by Crippen LogP contribution is -2.16. The van der Waals surface area contributed by atoms with E-state index in [0.717, 1.165) is 5.56 Å². The molecular formula is C18H19N3O4. The van der Waals surface area contributed by atoms with Crippen molar-refractivity contribution in [2.24, 2.45) is 0 Å². The van der Waals surface area contributed by atoms with E-state index in [9.17, 15) is 9.59 Å². The van der Waals surface area contributed by atoms with Gasteiger partial charge in [0.05, 0.1) is 25.0 Å². The molecule has 130 valence electrons. The second-order valence-corrected chi connectivity index (χ2v) is 5.71. The normalized spacial score (nSPS) is 11.0. The molecular weight excluding hydrogens is 322 g/mol. The van der Waals surface area contributed by atoms with Crippen LogP contribution in [-0.2, 0) is 16.0 Å². The molecule has 0 fully saturated rings. The first-order valence-corrected chi connectivity index (χ1v) is 7.82. The minimum Gasteiger partial charge on any atom is -0.465 e. The Morgan fingerprint density at radius 3 is 2.72 bits per heavy atom. The topological polar surface area (TPSA) is 75.3 Å². The van der Waals surface area contributed by atoms with Crippen LogP contribution in [0.3, 0.4) is 0 Å². The summed E-state index contributed by atoms with van der Waals surface area (Å²) in [6, 6.07) is 7.47. The summed E-state index contributed by atoms with van der Waals surface area (Å²) in [5.41, 5.74) is 2.32. The Kier molecular flexibility index (Phi) is 4.67. The van der Waals surface area contributed by atoms with Gasteiger partial charge in [0.1, 0.15) is 11.3 Å². The van der Waals surface area contributed by atoms with Gasteiger partial charge >= 0.3 is 5.97 Å². The van der Waals surface area contributed by atoms with Crippen LogP contribution in [-0.4, -0.2) is 41.1 Å². The van der Waals surface area contributed by atoms with Gasteiger partial charge in [-0.05, 0) is 24.6 Å². The van der Waals surface area contributed by atoms with Crippen LogP contribution in [0.1, 0.15) is 15.9 Å². The summed E-state index contributed by atoms with van der Waals surface area (Å²) in [7, 11) is 2.89. The highest BCUT2D eigenvalue weighted by molar-refractivity contribution is 5.96. The van der Waals surface area contributed by atoms with E-state index in [0.29, 0.717) is 30.1 Å². The van der Waals surface area contributed by atoms with Crippen molar-refractivity contribution in [2.45, 2.75) is 13.5 Å². The summed E-state index contributed by atoms with van der Waals surface area (Å²) in [6.45, 7) is 2.90. The van der Waals surface area contributed by atoms with Crippen LogP contribution in [0.4, 0.5) is 0 Å². The van der Waals surface area contributed by atoms with Crippen molar-refractivity contribution in [1.82, 2.24) is 14.3 Å². The predicted molar refractivity (Wildman–Crippen MR) is 92.4 cm³/mol. The summed E-state index contributed by atoms with van der Waals surface area (Å²) in [5, 5.41) is 4.37. The number of pyridine rings is 1. The van der Waals surface area contributed by atoms with Gasteiger partial charge in [-0.15, -0.1) is 0 Å². The number of methoxy groups -OCH3 is 2. The Labute approximate surface area is 144 Å². The van der Waals surface area contributed by atoms with Crippen LogP contribution in [0.5, 0.6) is 0 Å². The van der Waals surface area contributed by atoms with Gasteiger partial charge in [-0.1, -0.05) is 12.1 Å². The fraction of sp³-hybridized carbons (Fsp3) is 0.278. The van der Waals surface area contributed by atoms with E-state index in [1.165, 1.54) is 11.8 Å². The van der Waals surface area contributed by atoms with Crippen LogP contribution >= 0.6 is 0 Å². The summed E-state index contributed by atoms with van der Waals surface area (Å²) < 4.78 is 13.0. The standard InChI is InChI=1S/C18H19N3O4/c1-12-5-4-6-13(9-12)21-17(22)14-10-20(7-8-24-2)11-15(16(14)19-21)18(23)25-3/h4-6,9-11H,7-8H2,1-3H3. The van der Waals surface area contributed by atoms with Crippen molar-refractivity contribution >= 4 is 5.97 Å². The maximum Gasteiger partial charge on any atom is 0.341 e. The molecule has 2 heterocycles. The number of carbonyl (C=O) groups excluding carboxylic acids is 1. The van der Waals surface area contributed by atoms with Crippen molar-refractivity contribution in [3.8, 4) is 16.9 Å². The lowest BCUT2D eigenvalue weighted by molar-refractivity contribution is 0.0600. The van der Waals surface area contributed by atoms with E-state index < -0.39 is 5.97 Å². The SMILES string of the molecule is COCCn1cc(C(=O)OC)c2nn(-c3cccc(C)c3)c(=O)c-2c1. The number of nitrogens with zero attached hydrogens (tertiary/aromatic N) is 3. The van der Waals surface area contributed by atoms with Gasteiger partial charge in [0, 0.05) is 26.0 Å². The molecule has 0 bridgehead atoms. The molecule has 0 spiro atoms. The van der Waals surface area contributed by atoms with Gasteiger partial charge in [-0.2, -0.15) is 9.78 Å². The zero-order valence-corrected chi connectivity index (χ0v) is 14.4. The number of aromatic nitrogens is 3. The molecule has 0 radical (unpaired) electrons. The van der Waals surface area contributed by atoms with Crippen LogP contribution in [0.25, 0.3) is 16.9 Å².